The van der Waals surface area contributed by atoms with E-state index < -0.39 is 0 Å². The smallest absolute Gasteiger partial charge is 0.224 e. The number of nitrogens with two attached hydrogens (primary N) is 1. The summed E-state index contributed by atoms with van der Waals surface area (Å²) in [6, 6.07) is 9.98. The summed E-state index contributed by atoms with van der Waals surface area (Å²) in [5, 5.41) is 7.32. The van der Waals surface area contributed by atoms with Crippen LogP contribution in [0.2, 0.25) is 0 Å². The Bertz CT molecular complexity index is 604. The fourth-order valence-corrected chi connectivity index (χ4v) is 2.48. The normalized spacial score (nSPS) is 15.7. The molecule has 3 N–H and O–H groups in total. The molecule has 1 aliphatic rings. The summed E-state index contributed by atoms with van der Waals surface area (Å²) in [5.41, 5.74) is 7.60. The molecule has 21 heavy (non-hydrogen) atoms. The Kier molecular flexibility index (Phi) is 4.01. The van der Waals surface area contributed by atoms with Crippen molar-refractivity contribution in [2.75, 3.05) is 6.54 Å². The maximum absolute atomic E-state index is 12.1. The van der Waals surface area contributed by atoms with Gasteiger partial charge in [0.15, 0.2) is 0 Å². The van der Waals surface area contributed by atoms with E-state index >= 15 is 0 Å². The molecule has 1 aliphatic carbocycles. The lowest BCUT2D eigenvalue weighted by Gasteiger charge is -2.15. The molecule has 0 aliphatic heterocycles. The molecular formula is C16H20N4O. The van der Waals surface area contributed by atoms with Crippen LogP contribution in [0.5, 0.6) is 0 Å². The van der Waals surface area contributed by atoms with Gasteiger partial charge in [0.05, 0.1) is 18.3 Å². The van der Waals surface area contributed by atoms with Crippen LogP contribution in [0.25, 0.3) is 5.69 Å². The van der Waals surface area contributed by atoms with E-state index in [2.05, 4.69) is 10.4 Å². The van der Waals surface area contributed by atoms with Crippen LogP contribution in [-0.4, -0.2) is 28.3 Å². The highest BCUT2D eigenvalue weighted by molar-refractivity contribution is 5.78. The first kappa shape index (κ1) is 13.8. The quantitative estimate of drug-likeness (QED) is 0.839. The third kappa shape index (κ3) is 3.49. The summed E-state index contributed by atoms with van der Waals surface area (Å²) in [6.07, 6.45) is 6.32. The van der Waals surface area contributed by atoms with Crippen LogP contribution < -0.4 is 11.1 Å². The predicted molar refractivity (Wildman–Crippen MR) is 81.0 cm³/mol. The summed E-state index contributed by atoms with van der Waals surface area (Å²) < 4.78 is 1.78. The highest BCUT2D eigenvalue weighted by Gasteiger charge is 2.31. The van der Waals surface area contributed by atoms with E-state index in [-0.39, 0.29) is 11.9 Å². The topological polar surface area (TPSA) is 72.9 Å². The van der Waals surface area contributed by atoms with Crippen molar-refractivity contribution in [1.82, 2.24) is 15.1 Å². The van der Waals surface area contributed by atoms with Gasteiger partial charge in [0, 0.05) is 18.8 Å². The molecule has 1 atom stereocenters. The first-order valence-corrected chi connectivity index (χ1v) is 7.34. The monoisotopic (exact) mass is 284 g/mol. The van der Waals surface area contributed by atoms with E-state index in [1.165, 1.54) is 12.8 Å². The minimum atomic E-state index is 0.0185. The molecule has 0 saturated heterocycles. The number of rotatable bonds is 6. The second-order valence-corrected chi connectivity index (χ2v) is 5.55. The van der Waals surface area contributed by atoms with Crippen molar-refractivity contribution in [3.63, 3.8) is 0 Å². The van der Waals surface area contributed by atoms with Gasteiger partial charge in [-0.2, -0.15) is 5.10 Å². The zero-order chi connectivity index (χ0) is 14.7. The molecular weight excluding hydrogens is 264 g/mol. The molecule has 2 aromatic rings. The molecule has 1 fully saturated rings. The lowest BCUT2D eigenvalue weighted by molar-refractivity contribution is -0.121. The van der Waals surface area contributed by atoms with E-state index in [0.29, 0.717) is 18.9 Å². The van der Waals surface area contributed by atoms with Crippen LogP contribution in [0.1, 0.15) is 18.4 Å². The molecule has 0 radical (unpaired) electrons. The highest BCUT2D eigenvalue weighted by atomic mass is 16.1. The van der Waals surface area contributed by atoms with Gasteiger partial charge in [-0.1, -0.05) is 18.2 Å². The average Bonchev–Trinajstić information content (AvgIpc) is 3.25. The van der Waals surface area contributed by atoms with E-state index in [1.54, 1.807) is 10.9 Å². The summed E-state index contributed by atoms with van der Waals surface area (Å²) in [5.74, 6) is 0.593. The van der Waals surface area contributed by atoms with Gasteiger partial charge >= 0.3 is 0 Å². The molecule has 110 valence electrons. The Morgan fingerprint density at radius 2 is 2.14 bits per heavy atom. The van der Waals surface area contributed by atoms with Crippen LogP contribution in [0.15, 0.2) is 42.7 Å². The Morgan fingerprint density at radius 3 is 2.81 bits per heavy atom. The largest absolute Gasteiger partial charge is 0.352 e. The number of nitrogens with one attached hydrogen (secondary N) is 1. The molecule has 5 nitrogen and oxygen atoms in total. The van der Waals surface area contributed by atoms with Gasteiger partial charge in [-0.25, -0.2) is 4.68 Å². The first-order valence-electron chi connectivity index (χ1n) is 7.34. The predicted octanol–water partition coefficient (Wildman–Crippen LogP) is 1.27. The molecule has 5 heteroatoms. The highest BCUT2D eigenvalue weighted by Crippen LogP contribution is 2.32. The van der Waals surface area contributed by atoms with Crippen molar-refractivity contribution in [3.05, 3.63) is 48.3 Å². The fraction of sp³-hybridized carbons (Fsp3) is 0.375. The van der Waals surface area contributed by atoms with E-state index in [9.17, 15) is 4.79 Å². The zero-order valence-corrected chi connectivity index (χ0v) is 11.9. The lowest BCUT2D eigenvalue weighted by atomic mass is 10.1. The second-order valence-electron chi connectivity index (χ2n) is 5.55. The Labute approximate surface area is 124 Å². The van der Waals surface area contributed by atoms with Crippen LogP contribution >= 0.6 is 0 Å². The minimum absolute atomic E-state index is 0.0185. The molecule has 1 saturated carbocycles. The summed E-state index contributed by atoms with van der Waals surface area (Å²) >= 11 is 0. The number of para-hydroxylation sites is 1. The third-order valence-corrected chi connectivity index (χ3v) is 3.81. The van der Waals surface area contributed by atoms with Crippen molar-refractivity contribution in [3.8, 4) is 5.69 Å². The van der Waals surface area contributed by atoms with Crippen LogP contribution in [0.3, 0.4) is 0 Å². The molecule has 1 aromatic carbocycles. The van der Waals surface area contributed by atoms with Gasteiger partial charge in [-0.05, 0) is 36.5 Å². The molecule has 0 bridgehead atoms. The van der Waals surface area contributed by atoms with E-state index in [0.717, 1.165) is 11.3 Å². The number of carbonyl (C=O) groups is 1. The zero-order valence-electron chi connectivity index (χ0n) is 11.9. The lowest BCUT2D eigenvalue weighted by Crippen LogP contribution is -2.42. The van der Waals surface area contributed by atoms with Crippen molar-refractivity contribution >= 4 is 5.91 Å². The number of nitrogens with zero attached hydrogens (tertiary/aromatic N) is 2. The Hall–Kier alpha value is -2.14. The minimum Gasteiger partial charge on any atom is -0.352 e. The van der Waals surface area contributed by atoms with Gasteiger partial charge in [0.2, 0.25) is 5.91 Å². The van der Waals surface area contributed by atoms with Crippen LogP contribution in [0.4, 0.5) is 0 Å². The number of hydrogen-bond acceptors (Lipinski definition) is 3. The summed E-state index contributed by atoms with van der Waals surface area (Å²) in [7, 11) is 0. The molecule has 1 amide bonds. The fourth-order valence-electron chi connectivity index (χ4n) is 2.48. The molecule has 3 rings (SSSR count). The van der Waals surface area contributed by atoms with E-state index in [1.807, 2.05) is 36.5 Å². The van der Waals surface area contributed by atoms with Crippen molar-refractivity contribution in [2.45, 2.75) is 25.3 Å². The van der Waals surface area contributed by atoms with Crippen LogP contribution in [-0.2, 0) is 11.2 Å². The summed E-state index contributed by atoms with van der Waals surface area (Å²) in [4.78, 5) is 12.1. The standard InChI is InChI=1S/C16H20N4O/c17-9-15(13-6-7-13)19-16(21)8-12-10-18-20(11-12)14-4-2-1-3-5-14/h1-5,10-11,13,15H,6-9,17H2,(H,19,21). The number of benzene rings is 1. The molecule has 1 aromatic heterocycles. The number of amides is 1. The van der Waals surface area contributed by atoms with Gasteiger partial charge in [0.1, 0.15) is 0 Å². The average molecular weight is 284 g/mol. The Balaban J connectivity index is 1.60. The second kappa shape index (κ2) is 6.10. The molecule has 1 unspecified atom stereocenters. The third-order valence-electron chi connectivity index (χ3n) is 3.81. The number of carbonyl (C=O) groups excluding carboxylic acids is 1. The van der Waals surface area contributed by atoms with Gasteiger partial charge in [-0.3, -0.25) is 4.79 Å². The van der Waals surface area contributed by atoms with Crippen molar-refractivity contribution in [2.24, 2.45) is 11.7 Å². The van der Waals surface area contributed by atoms with Gasteiger partial charge in [-0.15, -0.1) is 0 Å². The van der Waals surface area contributed by atoms with Crippen molar-refractivity contribution < 1.29 is 4.79 Å². The van der Waals surface area contributed by atoms with Crippen LogP contribution in [0, 0.1) is 5.92 Å². The van der Waals surface area contributed by atoms with E-state index in [4.69, 9.17) is 5.73 Å². The Morgan fingerprint density at radius 1 is 1.38 bits per heavy atom. The first-order chi connectivity index (χ1) is 10.3. The SMILES string of the molecule is NCC(NC(=O)Cc1cnn(-c2ccccc2)c1)C1CC1. The summed E-state index contributed by atoms with van der Waals surface area (Å²) in [6.45, 7) is 0.514. The maximum atomic E-state index is 12.1. The molecule has 0 spiro atoms. The van der Waals surface area contributed by atoms with Gasteiger partial charge < -0.3 is 11.1 Å². The molecule has 1 heterocycles. The number of hydrogen-bond donors (Lipinski definition) is 2. The maximum Gasteiger partial charge on any atom is 0.224 e. The van der Waals surface area contributed by atoms with Gasteiger partial charge in [0.25, 0.3) is 0 Å². The number of aromatic nitrogens is 2. The van der Waals surface area contributed by atoms with Crippen molar-refractivity contribution in [1.29, 1.82) is 0 Å².